The topological polar surface area (TPSA) is 21.3 Å². The average molecular weight is 334 g/mol. The third-order valence-corrected chi connectivity index (χ3v) is 4.04. The van der Waals surface area contributed by atoms with Gasteiger partial charge in [0.1, 0.15) is 0 Å². The minimum absolute atomic E-state index is 0.309. The molecule has 0 aliphatic rings. The Morgan fingerprint density at radius 1 is 1.05 bits per heavy atom. The van der Waals surface area contributed by atoms with Crippen LogP contribution in [0.15, 0.2) is 53.0 Å². The number of hydrogen-bond acceptors (Lipinski definition) is 2. The van der Waals surface area contributed by atoms with Crippen LogP contribution >= 0.6 is 15.9 Å². The summed E-state index contributed by atoms with van der Waals surface area (Å²) in [6, 6.07) is 17.2. The predicted octanol–water partition coefficient (Wildman–Crippen LogP) is 4.45. The van der Waals surface area contributed by atoms with E-state index < -0.39 is 0 Å². The third kappa shape index (κ3) is 4.17. The Morgan fingerprint density at radius 3 is 2.35 bits per heavy atom. The number of methoxy groups -OCH3 is 1. The second kappa shape index (κ2) is 7.58. The van der Waals surface area contributed by atoms with E-state index in [0.717, 1.165) is 11.0 Å². The predicted molar refractivity (Wildman–Crippen MR) is 86.6 cm³/mol. The van der Waals surface area contributed by atoms with Gasteiger partial charge in [-0.25, -0.2) is 0 Å². The molecule has 0 heterocycles. The van der Waals surface area contributed by atoms with Crippen LogP contribution < -0.4 is 5.32 Å². The molecule has 0 radical (unpaired) electrons. The molecule has 3 heteroatoms. The quantitative estimate of drug-likeness (QED) is 0.843. The first-order valence-corrected chi connectivity index (χ1v) is 7.54. The van der Waals surface area contributed by atoms with Crippen LogP contribution in [-0.4, -0.2) is 7.11 Å². The Hall–Kier alpha value is -1.16. The van der Waals surface area contributed by atoms with E-state index in [1.807, 2.05) is 6.07 Å². The lowest BCUT2D eigenvalue weighted by molar-refractivity contribution is 0.185. The van der Waals surface area contributed by atoms with Gasteiger partial charge in [-0.1, -0.05) is 58.4 Å². The third-order valence-electron chi connectivity index (χ3n) is 3.32. The van der Waals surface area contributed by atoms with Gasteiger partial charge in [0.25, 0.3) is 0 Å². The average Bonchev–Trinajstić information content (AvgIpc) is 2.47. The first-order valence-electron chi connectivity index (χ1n) is 6.75. The lowest BCUT2D eigenvalue weighted by atomic mass is 10.1. The van der Waals surface area contributed by atoms with Crippen molar-refractivity contribution in [3.8, 4) is 0 Å². The molecule has 0 aromatic heterocycles. The lowest BCUT2D eigenvalue weighted by Crippen LogP contribution is -2.18. The van der Waals surface area contributed by atoms with Gasteiger partial charge < -0.3 is 10.1 Å². The van der Waals surface area contributed by atoms with E-state index >= 15 is 0 Å². The molecule has 2 nitrogen and oxygen atoms in total. The van der Waals surface area contributed by atoms with Gasteiger partial charge in [-0.15, -0.1) is 0 Å². The molecule has 0 unspecified atom stereocenters. The van der Waals surface area contributed by atoms with Crippen molar-refractivity contribution in [1.29, 1.82) is 0 Å². The van der Waals surface area contributed by atoms with Crippen molar-refractivity contribution in [2.75, 3.05) is 7.11 Å². The van der Waals surface area contributed by atoms with Crippen molar-refractivity contribution in [2.45, 2.75) is 26.1 Å². The molecule has 2 rings (SSSR count). The Balaban J connectivity index is 1.93. The first kappa shape index (κ1) is 15.2. The maximum Gasteiger partial charge on any atom is 0.0713 e. The number of ether oxygens (including phenoxy) is 1. The highest BCUT2D eigenvalue weighted by atomic mass is 79.9. The Morgan fingerprint density at radius 2 is 1.70 bits per heavy atom. The van der Waals surface area contributed by atoms with Crippen LogP contribution in [0.2, 0.25) is 0 Å². The van der Waals surface area contributed by atoms with Gasteiger partial charge in [-0.2, -0.15) is 0 Å². The summed E-state index contributed by atoms with van der Waals surface area (Å²) in [5.74, 6) is 0. The monoisotopic (exact) mass is 333 g/mol. The summed E-state index contributed by atoms with van der Waals surface area (Å²) in [5.41, 5.74) is 3.77. The molecule has 0 fully saturated rings. The number of nitrogens with one attached hydrogen (secondary N) is 1. The number of halogens is 1. The lowest BCUT2D eigenvalue weighted by Gasteiger charge is -2.16. The van der Waals surface area contributed by atoms with E-state index in [0.29, 0.717) is 12.6 Å². The van der Waals surface area contributed by atoms with Crippen molar-refractivity contribution in [1.82, 2.24) is 5.32 Å². The molecule has 0 bridgehead atoms. The molecule has 0 aliphatic carbocycles. The Kier molecular flexibility index (Phi) is 5.77. The van der Waals surface area contributed by atoms with Crippen molar-refractivity contribution >= 4 is 15.9 Å². The fourth-order valence-corrected chi connectivity index (χ4v) is 2.76. The summed E-state index contributed by atoms with van der Waals surface area (Å²) < 4.78 is 6.26. The van der Waals surface area contributed by atoms with Gasteiger partial charge in [0.05, 0.1) is 6.61 Å². The van der Waals surface area contributed by atoms with E-state index in [4.69, 9.17) is 4.74 Å². The van der Waals surface area contributed by atoms with Crippen LogP contribution in [0.3, 0.4) is 0 Å². The highest BCUT2D eigenvalue weighted by molar-refractivity contribution is 9.10. The zero-order chi connectivity index (χ0) is 14.4. The van der Waals surface area contributed by atoms with Crippen LogP contribution in [0.4, 0.5) is 0 Å². The summed E-state index contributed by atoms with van der Waals surface area (Å²) >= 11 is 3.60. The summed E-state index contributed by atoms with van der Waals surface area (Å²) in [7, 11) is 1.72. The first-order chi connectivity index (χ1) is 9.70. The molecule has 1 N–H and O–H groups in total. The normalized spacial score (nSPS) is 12.3. The fourth-order valence-electron chi connectivity index (χ4n) is 2.13. The minimum atomic E-state index is 0.309. The number of hydrogen-bond donors (Lipinski definition) is 1. The van der Waals surface area contributed by atoms with Gasteiger partial charge >= 0.3 is 0 Å². The zero-order valence-electron chi connectivity index (χ0n) is 11.9. The molecular formula is C17H20BrNO. The van der Waals surface area contributed by atoms with Crippen LogP contribution in [0.5, 0.6) is 0 Å². The van der Waals surface area contributed by atoms with Gasteiger partial charge in [-0.3, -0.25) is 0 Å². The maximum absolute atomic E-state index is 5.12. The van der Waals surface area contributed by atoms with E-state index in [1.54, 1.807) is 7.11 Å². The van der Waals surface area contributed by atoms with Gasteiger partial charge in [0.15, 0.2) is 0 Å². The van der Waals surface area contributed by atoms with Crippen LogP contribution in [0.25, 0.3) is 0 Å². The number of benzene rings is 2. The summed E-state index contributed by atoms with van der Waals surface area (Å²) in [5, 5.41) is 3.55. The number of rotatable bonds is 6. The van der Waals surface area contributed by atoms with Gasteiger partial charge in [0.2, 0.25) is 0 Å². The SMILES string of the molecule is COCc1ccc(CN[C@H](C)c2ccccc2Br)cc1. The molecule has 0 saturated carbocycles. The summed E-state index contributed by atoms with van der Waals surface area (Å²) in [4.78, 5) is 0. The van der Waals surface area contributed by atoms with Gasteiger partial charge in [-0.05, 0) is 29.7 Å². The highest BCUT2D eigenvalue weighted by Crippen LogP contribution is 2.23. The highest BCUT2D eigenvalue weighted by Gasteiger charge is 2.07. The van der Waals surface area contributed by atoms with Crippen molar-refractivity contribution < 1.29 is 4.74 Å². The van der Waals surface area contributed by atoms with E-state index in [9.17, 15) is 0 Å². The summed E-state index contributed by atoms with van der Waals surface area (Å²) in [6.07, 6.45) is 0. The smallest absolute Gasteiger partial charge is 0.0713 e. The van der Waals surface area contributed by atoms with Crippen molar-refractivity contribution in [3.05, 3.63) is 69.7 Å². The fraction of sp³-hybridized carbons (Fsp3) is 0.294. The van der Waals surface area contributed by atoms with Crippen molar-refractivity contribution in [3.63, 3.8) is 0 Å². The van der Waals surface area contributed by atoms with E-state index in [2.05, 4.69) is 70.6 Å². The Labute approximate surface area is 129 Å². The largest absolute Gasteiger partial charge is 0.380 e. The molecule has 1 atom stereocenters. The molecule has 0 aliphatic heterocycles. The molecule has 2 aromatic carbocycles. The zero-order valence-corrected chi connectivity index (χ0v) is 13.5. The second-order valence-electron chi connectivity index (χ2n) is 4.87. The minimum Gasteiger partial charge on any atom is -0.380 e. The standard InChI is InChI=1S/C17H20BrNO/c1-13(16-5-3-4-6-17(16)18)19-11-14-7-9-15(10-8-14)12-20-2/h3-10,13,19H,11-12H2,1-2H3/t13-/m1/s1. The molecule has 20 heavy (non-hydrogen) atoms. The van der Waals surface area contributed by atoms with Crippen LogP contribution in [0, 0.1) is 0 Å². The van der Waals surface area contributed by atoms with Gasteiger partial charge in [0, 0.05) is 24.2 Å². The Bertz CT molecular complexity index is 539. The van der Waals surface area contributed by atoms with Crippen molar-refractivity contribution in [2.24, 2.45) is 0 Å². The molecule has 0 amide bonds. The summed E-state index contributed by atoms with van der Waals surface area (Å²) in [6.45, 7) is 3.70. The molecular weight excluding hydrogens is 314 g/mol. The van der Waals surface area contributed by atoms with E-state index in [1.165, 1.54) is 16.7 Å². The molecule has 0 spiro atoms. The molecule has 106 valence electrons. The maximum atomic E-state index is 5.12. The van der Waals surface area contributed by atoms with E-state index in [-0.39, 0.29) is 0 Å². The van der Waals surface area contributed by atoms with Crippen LogP contribution in [0.1, 0.15) is 29.7 Å². The molecule has 2 aromatic rings. The second-order valence-corrected chi connectivity index (χ2v) is 5.73. The van der Waals surface area contributed by atoms with Crippen LogP contribution in [-0.2, 0) is 17.9 Å². The molecule has 0 saturated heterocycles.